The number of nitrogens with zero attached hydrogens (tertiary/aromatic N) is 1. The normalized spacial score (nSPS) is 8.64. The minimum Gasteiger partial charge on any atom is -0.508 e. The summed E-state index contributed by atoms with van der Waals surface area (Å²) >= 11 is 3.25. The second-order valence-corrected chi connectivity index (χ2v) is 3.42. The third kappa shape index (κ3) is 4.62. The first kappa shape index (κ1) is 10.7. The Bertz CT molecular complexity index is 313. The molecule has 1 aromatic carbocycles. The molecule has 14 heavy (non-hydrogen) atoms. The summed E-state index contributed by atoms with van der Waals surface area (Å²) < 4.78 is 1.02. The predicted octanol–water partition coefficient (Wildman–Crippen LogP) is 3.24. The average Bonchev–Trinajstić information content (AvgIpc) is 2.21. The zero-order valence-electron chi connectivity index (χ0n) is 7.47. The molecule has 72 valence electrons. The molecule has 0 aliphatic rings. The van der Waals surface area contributed by atoms with Gasteiger partial charge in [0.1, 0.15) is 5.75 Å². The topological polar surface area (TPSA) is 33.1 Å². The Morgan fingerprint density at radius 1 is 1.00 bits per heavy atom. The van der Waals surface area contributed by atoms with E-state index in [4.69, 9.17) is 5.11 Å². The molecule has 3 heteroatoms. The Balaban J connectivity index is 0.000000140. The van der Waals surface area contributed by atoms with Crippen LogP contribution in [-0.4, -0.2) is 10.1 Å². The predicted molar refractivity (Wildman–Crippen MR) is 60.0 cm³/mol. The summed E-state index contributed by atoms with van der Waals surface area (Å²) in [6, 6.07) is 12.5. The van der Waals surface area contributed by atoms with Crippen LogP contribution in [0.3, 0.4) is 0 Å². The second-order valence-electron chi connectivity index (χ2n) is 2.51. The van der Waals surface area contributed by atoms with Crippen LogP contribution in [0.1, 0.15) is 0 Å². The fraction of sp³-hybridized carbons (Fsp3) is 0. The largest absolute Gasteiger partial charge is 0.508 e. The fourth-order valence-corrected chi connectivity index (χ4v) is 1.04. The van der Waals surface area contributed by atoms with Crippen LogP contribution in [0.15, 0.2) is 59.3 Å². The quantitative estimate of drug-likeness (QED) is 0.780. The van der Waals surface area contributed by atoms with E-state index in [0.29, 0.717) is 5.75 Å². The van der Waals surface area contributed by atoms with Gasteiger partial charge in [-0.15, -0.1) is 0 Å². The molecule has 0 spiro atoms. The lowest BCUT2D eigenvalue weighted by Gasteiger charge is -1.82. The summed E-state index contributed by atoms with van der Waals surface area (Å²) in [6.07, 6.45) is 3.49. The first-order chi connectivity index (χ1) is 6.79. The van der Waals surface area contributed by atoms with Crippen molar-refractivity contribution in [1.29, 1.82) is 0 Å². The third-order valence-electron chi connectivity index (χ3n) is 1.38. The van der Waals surface area contributed by atoms with Crippen LogP contribution < -0.4 is 0 Å². The lowest BCUT2D eigenvalue weighted by atomic mass is 10.3. The maximum absolute atomic E-state index is 8.63. The van der Waals surface area contributed by atoms with Gasteiger partial charge in [0.2, 0.25) is 0 Å². The lowest BCUT2D eigenvalue weighted by Crippen LogP contribution is -1.64. The summed E-state index contributed by atoms with van der Waals surface area (Å²) in [7, 11) is 0. The van der Waals surface area contributed by atoms with Gasteiger partial charge in [-0.2, -0.15) is 0 Å². The van der Waals surface area contributed by atoms with Gasteiger partial charge < -0.3 is 5.11 Å². The molecule has 0 atom stereocenters. The monoisotopic (exact) mass is 251 g/mol. The highest BCUT2D eigenvalue weighted by Crippen LogP contribution is 2.03. The Morgan fingerprint density at radius 3 is 2.00 bits per heavy atom. The molecule has 0 amide bonds. The van der Waals surface area contributed by atoms with E-state index in [-0.39, 0.29) is 0 Å². The highest BCUT2D eigenvalue weighted by Gasteiger charge is 1.75. The van der Waals surface area contributed by atoms with Gasteiger partial charge in [0.15, 0.2) is 0 Å². The Kier molecular flexibility index (Phi) is 4.72. The summed E-state index contributed by atoms with van der Waals surface area (Å²) in [6.45, 7) is 0. The number of halogens is 1. The van der Waals surface area contributed by atoms with E-state index in [1.807, 2.05) is 18.2 Å². The standard InChI is InChI=1S/C6H6O.C5H4BrN/c7-6-4-2-1-3-5-6;6-5-2-1-3-7-4-5/h1-5,7H;1-4H. The molecule has 0 saturated carbocycles. The van der Waals surface area contributed by atoms with Crippen LogP contribution >= 0.6 is 15.9 Å². The highest BCUT2D eigenvalue weighted by atomic mass is 79.9. The minimum absolute atomic E-state index is 0.322. The van der Waals surface area contributed by atoms with Crippen molar-refractivity contribution >= 4 is 15.9 Å². The van der Waals surface area contributed by atoms with Gasteiger partial charge in [-0.1, -0.05) is 18.2 Å². The number of hydrogen-bond acceptors (Lipinski definition) is 2. The van der Waals surface area contributed by atoms with E-state index in [1.165, 1.54) is 0 Å². The van der Waals surface area contributed by atoms with Crippen LogP contribution in [0.4, 0.5) is 0 Å². The molecule has 0 radical (unpaired) electrons. The van der Waals surface area contributed by atoms with Gasteiger partial charge in [0.05, 0.1) is 0 Å². The molecule has 0 unspecified atom stereocenters. The molecule has 0 aliphatic heterocycles. The molecule has 1 aromatic heterocycles. The van der Waals surface area contributed by atoms with Gasteiger partial charge in [0, 0.05) is 16.9 Å². The molecular formula is C11H10BrNO. The van der Waals surface area contributed by atoms with E-state index < -0.39 is 0 Å². The minimum atomic E-state index is 0.322. The van der Waals surface area contributed by atoms with Crippen LogP contribution in [-0.2, 0) is 0 Å². The summed E-state index contributed by atoms with van der Waals surface area (Å²) in [5.41, 5.74) is 0. The number of benzene rings is 1. The van der Waals surface area contributed by atoms with Gasteiger partial charge in [-0.3, -0.25) is 4.98 Å². The average molecular weight is 252 g/mol. The molecule has 0 aliphatic carbocycles. The Labute approximate surface area is 91.4 Å². The molecule has 2 nitrogen and oxygen atoms in total. The van der Waals surface area contributed by atoms with Crippen LogP contribution in [0.25, 0.3) is 0 Å². The molecule has 1 N–H and O–H groups in total. The van der Waals surface area contributed by atoms with E-state index >= 15 is 0 Å². The molecule has 0 fully saturated rings. The maximum atomic E-state index is 8.63. The number of hydrogen-bond donors (Lipinski definition) is 1. The number of rotatable bonds is 0. The molecule has 2 rings (SSSR count). The zero-order chi connectivity index (χ0) is 10.2. The second kappa shape index (κ2) is 6.16. The van der Waals surface area contributed by atoms with Gasteiger partial charge in [-0.25, -0.2) is 0 Å². The molecule has 2 aromatic rings. The van der Waals surface area contributed by atoms with Crippen molar-refractivity contribution in [3.8, 4) is 5.75 Å². The zero-order valence-corrected chi connectivity index (χ0v) is 9.05. The van der Waals surface area contributed by atoms with Crippen molar-refractivity contribution in [3.63, 3.8) is 0 Å². The summed E-state index contributed by atoms with van der Waals surface area (Å²) in [5.74, 6) is 0.322. The Hall–Kier alpha value is -1.35. The SMILES string of the molecule is Brc1cccnc1.Oc1ccccc1. The molecule has 0 saturated heterocycles. The van der Waals surface area contributed by atoms with E-state index in [1.54, 1.807) is 36.7 Å². The van der Waals surface area contributed by atoms with Crippen molar-refractivity contribution in [2.75, 3.05) is 0 Å². The number of para-hydroxylation sites is 1. The smallest absolute Gasteiger partial charge is 0.115 e. The Morgan fingerprint density at radius 2 is 1.71 bits per heavy atom. The van der Waals surface area contributed by atoms with E-state index in [0.717, 1.165) is 4.47 Å². The first-order valence-corrected chi connectivity index (χ1v) is 4.88. The lowest BCUT2D eigenvalue weighted by molar-refractivity contribution is 0.475. The number of pyridine rings is 1. The molecular weight excluding hydrogens is 242 g/mol. The highest BCUT2D eigenvalue weighted by molar-refractivity contribution is 9.10. The number of phenolic OH excluding ortho intramolecular Hbond substituents is 1. The number of aromatic nitrogens is 1. The van der Waals surface area contributed by atoms with Crippen molar-refractivity contribution in [2.45, 2.75) is 0 Å². The number of aromatic hydroxyl groups is 1. The van der Waals surface area contributed by atoms with Crippen molar-refractivity contribution in [1.82, 2.24) is 4.98 Å². The van der Waals surface area contributed by atoms with Gasteiger partial charge in [0.25, 0.3) is 0 Å². The van der Waals surface area contributed by atoms with E-state index in [2.05, 4.69) is 20.9 Å². The van der Waals surface area contributed by atoms with Crippen molar-refractivity contribution in [3.05, 3.63) is 59.3 Å². The third-order valence-corrected chi connectivity index (χ3v) is 1.85. The van der Waals surface area contributed by atoms with Crippen LogP contribution in [0.5, 0.6) is 5.75 Å². The maximum Gasteiger partial charge on any atom is 0.115 e. The fourth-order valence-electron chi connectivity index (χ4n) is 0.770. The number of phenols is 1. The van der Waals surface area contributed by atoms with E-state index in [9.17, 15) is 0 Å². The summed E-state index contributed by atoms with van der Waals surface area (Å²) in [5, 5.41) is 8.63. The van der Waals surface area contributed by atoms with Crippen molar-refractivity contribution < 1.29 is 5.11 Å². The summed E-state index contributed by atoms with van der Waals surface area (Å²) in [4.78, 5) is 3.84. The van der Waals surface area contributed by atoms with Gasteiger partial charge >= 0.3 is 0 Å². The van der Waals surface area contributed by atoms with Crippen LogP contribution in [0, 0.1) is 0 Å². The first-order valence-electron chi connectivity index (χ1n) is 4.08. The van der Waals surface area contributed by atoms with Gasteiger partial charge in [-0.05, 0) is 40.2 Å². The molecule has 0 bridgehead atoms. The molecule has 1 heterocycles. The van der Waals surface area contributed by atoms with Crippen LogP contribution in [0.2, 0.25) is 0 Å². The van der Waals surface area contributed by atoms with Crippen molar-refractivity contribution in [2.24, 2.45) is 0 Å².